The molecule has 3 rings (SSSR count). The van der Waals surface area contributed by atoms with E-state index >= 15 is 0 Å². The third-order valence-electron chi connectivity index (χ3n) is 4.04. The molecule has 0 bridgehead atoms. The first-order valence-corrected chi connectivity index (χ1v) is 9.15. The maximum Gasteiger partial charge on any atom is 0.341 e. The summed E-state index contributed by atoms with van der Waals surface area (Å²) in [6.07, 6.45) is 0.740. The molecule has 1 aromatic carbocycles. The highest BCUT2D eigenvalue weighted by atomic mass is 35.5. The SMILES string of the molecule is COC(=O)c1c(NC(=O)c2ccc(Cl)cc2Cl)sc2c1CCN(C)C2. The first kappa shape index (κ1) is 18.2. The molecule has 1 aliphatic rings. The van der Waals surface area contributed by atoms with Gasteiger partial charge in [0.25, 0.3) is 5.91 Å². The van der Waals surface area contributed by atoms with Crippen molar-refractivity contribution in [1.29, 1.82) is 0 Å². The monoisotopic (exact) mass is 398 g/mol. The number of methoxy groups -OCH3 is 1. The molecule has 0 fully saturated rings. The number of halogens is 2. The summed E-state index contributed by atoms with van der Waals surface area (Å²) in [7, 11) is 3.36. The molecule has 132 valence electrons. The molecule has 8 heteroatoms. The fraction of sp³-hybridized carbons (Fsp3) is 0.294. The summed E-state index contributed by atoms with van der Waals surface area (Å²) in [6.45, 7) is 1.59. The molecule has 1 aliphatic heterocycles. The van der Waals surface area contributed by atoms with Gasteiger partial charge in [-0.25, -0.2) is 4.79 Å². The van der Waals surface area contributed by atoms with Gasteiger partial charge < -0.3 is 15.0 Å². The van der Waals surface area contributed by atoms with Gasteiger partial charge in [-0.15, -0.1) is 11.3 Å². The van der Waals surface area contributed by atoms with E-state index in [-0.39, 0.29) is 5.02 Å². The van der Waals surface area contributed by atoms with E-state index in [0.717, 1.165) is 30.0 Å². The van der Waals surface area contributed by atoms with Crippen LogP contribution in [-0.2, 0) is 17.7 Å². The molecule has 2 heterocycles. The first-order chi connectivity index (χ1) is 11.9. The first-order valence-electron chi connectivity index (χ1n) is 7.58. The number of benzene rings is 1. The van der Waals surface area contributed by atoms with Crippen molar-refractivity contribution in [2.45, 2.75) is 13.0 Å². The maximum atomic E-state index is 12.6. The van der Waals surface area contributed by atoms with Crippen LogP contribution in [0.25, 0.3) is 0 Å². The summed E-state index contributed by atoms with van der Waals surface area (Å²) in [6, 6.07) is 4.66. The van der Waals surface area contributed by atoms with Crippen molar-refractivity contribution in [3.63, 3.8) is 0 Å². The van der Waals surface area contributed by atoms with Gasteiger partial charge in [-0.1, -0.05) is 23.2 Å². The number of anilines is 1. The molecule has 5 nitrogen and oxygen atoms in total. The second-order valence-corrected chi connectivity index (χ2v) is 7.71. The van der Waals surface area contributed by atoms with Gasteiger partial charge in [0.1, 0.15) is 5.00 Å². The molecule has 0 aliphatic carbocycles. The Labute approximate surface area is 159 Å². The molecule has 25 heavy (non-hydrogen) atoms. The Morgan fingerprint density at radius 3 is 2.76 bits per heavy atom. The predicted octanol–water partition coefficient (Wildman–Crippen LogP) is 4.08. The van der Waals surface area contributed by atoms with Crippen LogP contribution in [0.3, 0.4) is 0 Å². The average molecular weight is 399 g/mol. The molecule has 0 atom stereocenters. The van der Waals surface area contributed by atoms with Crippen molar-refractivity contribution in [1.82, 2.24) is 4.90 Å². The Bertz CT molecular complexity index is 851. The fourth-order valence-corrected chi connectivity index (χ4v) is 4.59. The van der Waals surface area contributed by atoms with Crippen LogP contribution in [-0.4, -0.2) is 37.5 Å². The van der Waals surface area contributed by atoms with E-state index < -0.39 is 11.9 Å². The second-order valence-electron chi connectivity index (χ2n) is 5.77. The van der Waals surface area contributed by atoms with Crippen molar-refractivity contribution in [3.8, 4) is 0 Å². The van der Waals surface area contributed by atoms with Gasteiger partial charge in [0, 0.05) is 23.0 Å². The number of carbonyl (C=O) groups is 2. The van der Waals surface area contributed by atoms with E-state index in [9.17, 15) is 9.59 Å². The number of nitrogens with one attached hydrogen (secondary N) is 1. The number of rotatable bonds is 3. The number of hydrogen-bond acceptors (Lipinski definition) is 5. The number of thiophene rings is 1. The minimum Gasteiger partial charge on any atom is -0.465 e. The minimum atomic E-state index is -0.445. The Kier molecular flexibility index (Phi) is 5.34. The largest absolute Gasteiger partial charge is 0.465 e. The number of esters is 1. The van der Waals surface area contributed by atoms with Crippen molar-refractivity contribution < 1.29 is 14.3 Å². The van der Waals surface area contributed by atoms with Gasteiger partial charge in [0.15, 0.2) is 0 Å². The normalized spacial score (nSPS) is 14.1. The van der Waals surface area contributed by atoms with Crippen LogP contribution in [0.5, 0.6) is 0 Å². The van der Waals surface area contributed by atoms with Gasteiger partial charge in [-0.3, -0.25) is 4.79 Å². The molecular weight excluding hydrogens is 383 g/mol. The molecule has 0 radical (unpaired) electrons. The number of ether oxygens (including phenoxy) is 1. The quantitative estimate of drug-likeness (QED) is 0.791. The zero-order chi connectivity index (χ0) is 18.1. The Morgan fingerprint density at radius 2 is 2.08 bits per heavy atom. The van der Waals surface area contributed by atoms with Gasteiger partial charge >= 0.3 is 5.97 Å². The molecule has 0 spiro atoms. The highest BCUT2D eigenvalue weighted by Crippen LogP contribution is 2.37. The lowest BCUT2D eigenvalue weighted by atomic mass is 10.0. The van der Waals surface area contributed by atoms with Crippen molar-refractivity contribution in [2.24, 2.45) is 0 Å². The summed E-state index contributed by atoms with van der Waals surface area (Å²) >= 11 is 13.4. The molecule has 0 saturated carbocycles. The van der Waals surface area contributed by atoms with Crippen LogP contribution < -0.4 is 5.32 Å². The number of fused-ring (bicyclic) bond motifs is 1. The predicted molar refractivity (Wildman–Crippen MR) is 100 cm³/mol. The number of likely N-dealkylation sites (N-methyl/N-ethyl adjacent to an activating group) is 1. The van der Waals surface area contributed by atoms with E-state index in [4.69, 9.17) is 27.9 Å². The van der Waals surface area contributed by atoms with Gasteiger partial charge in [0.05, 0.1) is 23.3 Å². The molecular formula is C17H16Cl2N2O3S. The van der Waals surface area contributed by atoms with Crippen molar-refractivity contribution in [3.05, 3.63) is 49.8 Å². The van der Waals surface area contributed by atoms with Crippen LogP contribution in [0.15, 0.2) is 18.2 Å². The number of carbonyl (C=O) groups excluding carboxylic acids is 2. The van der Waals surface area contributed by atoms with E-state index in [2.05, 4.69) is 10.2 Å². The van der Waals surface area contributed by atoms with Gasteiger partial charge in [-0.05, 0) is 37.2 Å². The Hall–Kier alpha value is -1.60. The van der Waals surface area contributed by atoms with E-state index in [0.29, 0.717) is 21.2 Å². The maximum absolute atomic E-state index is 12.6. The standard InChI is InChI=1S/C17H16Cl2N2O3S/c1-21-6-5-11-13(8-21)25-16(14(11)17(23)24-2)20-15(22)10-4-3-9(18)7-12(10)19/h3-4,7H,5-6,8H2,1-2H3,(H,20,22). The molecule has 0 saturated heterocycles. The number of amides is 1. The Morgan fingerprint density at radius 1 is 1.32 bits per heavy atom. The lowest BCUT2D eigenvalue weighted by molar-refractivity contribution is 0.0600. The molecule has 2 aromatic rings. The summed E-state index contributed by atoms with van der Waals surface area (Å²) in [5.74, 6) is -0.835. The van der Waals surface area contributed by atoms with Crippen LogP contribution in [0.4, 0.5) is 5.00 Å². The molecule has 1 amide bonds. The van der Waals surface area contributed by atoms with Crippen LogP contribution in [0, 0.1) is 0 Å². The van der Waals surface area contributed by atoms with E-state index in [1.807, 2.05) is 7.05 Å². The third-order valence-corrected chi connectivity index (χ3v) is 5.72. The average Bonchev–Trinajstić information content (AvgIpc) is 2.90. The lowest BCUT2D eigenvalue weighted by Crippen LogP contribution is -2.26. The van der Waals surface area contributed by atoms with Gasteiger partial charge in [-0.2, -0.15) is 0 Å². The Balaban J connectivity index is 1.96. The number of nitrogens with zero attached hydrogens (tertiary/aromatic N) is 1. The van der Waals surface area contributed by atoms with Crippen LogP contribution in [0.2, 0.25) is 10.0 Å². The van der Waals surface area contributed by atoms with Crippen LogP contribution in [0.1, 0.15) is 31.2 Å². The van der Waals surface area contributed by atoms with E-state index in [1.165, 1.54) is 24.5 Å². The smallest absolute Gasteiger partial charge is 0.341 e. The summed E-state index contributed by atoms with van der Waals surface area (Å²) in [5.41, 5.74) is 1.69. The zero-order valence-electron chi connectivity index (χ0n) is 13.7. The summed E-state index contributed by atoms with van der Waals surface area (Å²) in [4.78, 5) is 28.1. The fourth-order valence-electron chi connectivity index (χ4n) is 2.78. The molecule has 1 aromatic heterocycles. The van der Waals surface area contributed by atoms with Crippen molar-refractivity contribution in [2.75, 3.05) is 26.0 Å². The van der Waals surface area contributed by atoms with E-state index in [1.54, 1.807) is 12.1 Å². The number of hydrogen-bond donors (Lipinski definition) is 1. The third kappa shape index (κ3) is 3.67. The summed E-state index contributed by atoms with van der Waals surface area (Å²) < 4.78 is 4.91. The van der Waals surface area contributed by atoms with Crippen LogP contribution >= 0.6 is 34.5 Å². The highest BCUT2D eigenvalue weighted by molar-refractivity contribution is 7.17. The second kappa shape index (κ2) is 7.33. The lowest BCUT2D eigenvalue weighted by Gasteiger charge is -2.22. The molecule has 0 unspecified atom stereocenters. The summed E-state index contributed by atoms with van der Waals surface area (Å²) in [5, 5.41) is 4.00. The highest BCUT2D eigenvalue weighted by Gasteiger charge is 2.28. The van der Waals surface area contributed by atoms with Crippen molar-refractivity contribution >= 4 is 51.4 Å². The zero-order valence-corrected chi connectivity index (χ0v) is 16.0. The minimum absolute atomic E-state index is 0.255. The topological polar surface area (TPSA) is 58.6 Å². The molecule has 1 N–H and O–H groups in total. The van der Waals surface area contributed by atoms with Gasteiger partial charge in [0.2, 0.25) is 0 Å².